The SMILES string of the molecule is Nc1cc(C(O)Cc2cccnc2)ccc1F. The number of nitrogens with zero attached hydrogens (tertiary/aromatic N) is 1. The van der Waals surface area contributed by atoms with Gasteiger partial charge in [0, 0.05) is 18.8 Å². The molecule has 88 valence electrons. The van der Waals surface area contributed by atoms with Crippen LogP contribution in [-0.4, -0.2) is 10.1 Å². The highest BCUT2D eigenvalue weighted by molar-refractivity contribution is 5.43. The highest BCUT2D eigenvalue weighted by Crippen LogP contribution is 2.21. The molecule has 0 aliphatic rings. The molecule has 0 saturated heterocycles. The summed E-state index contributed by atoms with van der Waals surface area (Å²) in [7, 11) is 0. The Hall–Kier alpha value is -1.94. The first-order valence-electron chi connectivity index (χ1n) is 5.28. The minimum absolute atomic E-state index is 0.0488. The van der Waals surface area contributed by atoms with Crippen molar-refractivity contribution in [2.45, 2.75) is 12.5 Å². The second-order valence-corrected chi connectivity index (χ2v) is 3.86. The first-order valence-corrected chi connectivity index (χ1v) is 5.28. The molecule has 2 aromatic rings. The molecule has 0 spiro atoms. The van der Waals surface area contributed by atoms with Crippen LogP contribution in [0.5, 0.6) is 0 Å². The summed E-state index contributed by atoms with van der Waals surface area (Å²) in [5, 5.41) is 9.98. The number of aromatic nitrogens is 1. The molecule has 0 aliphatic heterocycles. The van der Waals surface area contributed by atoms with E-state index in [4.69, 9.17) is 5.73 Å². The van der Waals surface area contributed by atoms with Gasteiger partial charge in [-0.15, -0.1) is 0 Å². The van der Waals surface area contributed by atoms with Gasteiger partial charge in [0.05, 0.1) is 11.8 Å². The second-order valence-electron chi connectivity index (χ2n) is 3.86. The molecule has 1 atom stereocenters. The summed E-state index contributed by atoms with van der Waals surface area (Å²) in [6.07, 6.45) is 3.09. The lowest BCUT2D eigenvalue weighted by Crippen LogP contribution is -2.03. The highest BCUT2D eigenvalue weighted by Gasteiger charge is 2.10. The minimum Gasteiger partial charge on any atom is -0.396 e. The molecule has 2 rings (SSSR count). The molecular weight excluding hydrogens is 219 g/mol. The van der Waals surface area contributed by atoms with Crippen LogP contribution in [0.1, 0.15) is 17.2 Å². The number of hydrogen-bond donors (Lipinski definition) is 2. The molecule has 1 heterocycles. The maximum Gasteiger partial charge on any atom is 0.146 e. The third kappa shape index (κ3) is 2.79. The van der Waals surface area contributed by atoms with Crippen LogP contribution in [0.25, 0.3) is 0 Å². The van der Waals surface area contributed by atoms with Crippen molar-refractivity contribution in [2.75, 3.05) is 5.73 Å². The van der Waals surface area contributed by atoms with Gasteiger partial charge in [-0.05, 0) is 29.3 Å². The van der Waals surface area contributed by atoms with E-state index in [-0.39, 0.29) is 5.69 Å². The highest BCUT2D eigenvalue weighted by atomic mass is 19.1. The molecule has 0 fully saturated rings. The van der Waals surface area contributed by atoms with Crippen LogP contribution < -0.4 is 5.73 Å². The Morgan fingerprint density at radius 3 is 2.82 bits per heavy atom. The fraction of sp³-hybridized carbons (Fsp3) is 0.154. The van der Waals surface area contributed by atoms with Gasteiger partial charge in [-0.1, -0.05) is 12.1 Å². The average Bonchev–Trinajstić information content (AvgIpc) is 2.34. The van der Waals surface area contributed by atoms with Crippen LogP contribution in [-0.2, 0) is 6.42 Å². The molecule has 0 aliphatic carbocycles. The van der Waals surface area contributed by atoms with Crippen LogP contribution in [0, 0.1) is 5.82 Å². The van der Waals surface area contributed by atoms with Crippen molar-refractivity contribution in [1.29, 1.82) is 0 Å². The van der Waals surface area contributed by atoms with Gasteiger partial charge in [0.25, 0.3) is 0 Å². The van der Waals surface area contributed by atoms with Crippen LogP contribution in [0.2, 0.25) is 0 Å². The van der Waals surface area contributed by atoms with E-state index in [0.717, 1.165) is 5.56 Å². The Morgan fingerprint density at radius 2 is 2.18 bits per heavy atom. The van der Waals surface area contributed by atoms with Crippen molar-refractivity contribution in [3.8, 4) is 0 Å². The van der Waals surface area contributed by atoms with Gasteiger partial charge < -0.3 is 10.8 Å². The van der Waals surface area contributed by atoms with Crippen molar-refractivity contribution in [3.63, 3.8) is 0 Å². The van der Waals surface area contributed by atoms with E-state index >= 15 is 0 Å². The second kappa shape index (κ2) is 4.93. The zero-order chi connectivity index (χ0) is 12.3. The Balaban J connectivity index is 2.14. The molecule has 3 N–H and O–H groups in total. The van der Waals surface area contributed by atoms with Gasteiger partial charge in [-0.2, -0.15) is 0 Å². The van der Waals surface area contributed by atoms with Crippen molar-refractivity contribution < 1.29 is 9.50 Å². The quantitative estimate of drug-likeness (QED) is 0.796. The van der Waals surface area contributed by atoms with Crippen LogP contribution in [0.15, 0.2) is 42.7 Å². The van der Waals surface area contributed by atoms with E-state index in [1.807, 2.05) is 6.07 Å². The van der Waals surface area contributed by atoms with Crippen LogP contribution in [0.4, 0.5) is 10.1 Å². The minimum atomic E-state index is -0.706. The molecule has 4 heteroatoms. The number of aliphatic hydroxyl groups is 1. The number of anilines is 1. The molecule has 0 amide bonds. The Bertz CT molecular complexity index is 502. The zero-order valence-corrected chi connectivity index (χ0v) is 9.18. The lowest BCUT2D eigenvalue weighted by molar-refractivity contribution is 0.178. The van der Waals surface area contributed by atoms with Gasteiger partial charge >= 0.3 is 0 Å². The van der Waals surface area contributed by atoms with Gasteiger partial charge in [0.1, 0.15) is 5.82 Å². The molecule has 3 nitrogen and oxygen atoms in total. The summed E-state index contributed by atoms with van der Waals surface area (Å²) in [4.78, 5) is 3.97. The number of benzene rings is 1. The van der Waals surface area contributed by atoms with Gasteiger partial charge in [-0.3, -0.25) is 4.98 Å². The first-order chi connectivity index (χ1) is 8.16. The lowest BCUT2D eigenvalue weighted by atomic mass is 10.0. The van der Waals surface area contributed by atoms with E-state index in [2.05, 4.69) is 4.98 Å². The summed E-state index contributed by atoms with van der Waals surface area (Å²) < 4.78 is 13.0. The van der Waals surface area contributed by atoms with Crippen LogP contribution >= 0.6 is 0 Å². The number of aliphatic hydroxyl groups excluding tert-OH is 1. The largest absolute Gasteiger partial charge is 0.396 e. The van der Waals surface area contributed by atoms with Crippen molar-refractivity contribution >= 4 is 5.69 Å². The molecule has 17 heavy (non-hydrogen) atoms. The predicted molar refractivity (Wildman–Crippen MR) is 63.7 cm³/mol. The van der Waals surface area contributed by atoms with Crippen molar-refractivity contribution in [2.24, 2.45) is 0 Å². The third-order valence-corrected chi connectivity index (χ3v) is 2.56. The average molecular weight is 232 g/mol. The molecular formula is C13H13FN2O. The van der Waals surface area contributed by atoms with Gasteiger partial charge in [0.2, 0.25) is 0 Å². The number of rotatable bonds is 3. The molecule has 0 bridgehead atoms. The molecule has 1 aromatic carbocycles. The normalized spacial score (nSPS) is 12.4. The van der Waals surface area contributed by atoms with E-state index in [9.17, 15) is 9.50 Å². The van der Waals surface area contributed by atoms with E-state index in [1.165, 1.54) is 18.2 Å². The molecule has 1 unspecified atom stereocenters. The van der Waals surface area contributed by atoms with Gasteiger partial charge in [0.15, 0.2) is 0 Å². The van der Waals surface area contributed by atoms with Gasteiger partial charge in [-0.25, -0.2) is 4.39 Å². The standard InChI is InChI=1S/C13H13FN2O/c14-11-4-3-10(7-12(11)15)13(17)6-9-2-1-5-16-8-9/h1-5,7-8,13,17H,6,15H2. The smallest absolute Gasteiger partial charge is 0.146 e. The third-order valence-electron chi connectivity index (χ3n) is 2.56. The Labute approximate surface area is 98.7 Å². The van der Waals surface area contributed by atoms with Crippen molar-refractivity contribution in [1.82, 2.24) is 4.98 Å². The van der Waals surface area contributed by atoms with Crippen LogP contribution in [0.3, 0.4) is 0 Å². The number of pyridine rings is 1. The lowest BCUT2D eigenvalue weighted by Gasteiger charge is -2.11. The van der Waals surface area contributed by atoms with Crippen molar-refractivity contribution in [3.05, 3.63) is 59.7 Å². The molecule has 1 aromatic heterocycles. The fourth-order valence-electron chi connectivity index (χ4n) is 1.63. The molecule has 0 radical (unpaired) electrons. The summed E-state index contributed by atoms with van der Waals surface area (Å²) in [5.74, 6) is -0.470. The number of nitrogens with two attached hydrogens (primary N) is 1. The number of nitrogen functional groups attached to an aromatic ring is 1. The maximum atomic E-state index is 13.0. The summed E-state index contributed by atoms with van der Waals surface area (Å²) >= 11 is 0. The summed E-state index contributed by atoms with van der Waals surface area (Å²) in [5.41, 5.74) is 7.03. The van der Waals surface area contributed by atoms with E-state index in [1.54, 1.807) is 18.5 Å². The monoisotopic (exact) mass is 232 g/mol. The van der Waals surface area contributed by atoms with E-state index < -0.39 is 11.9 Å². The number of hydrogen-bond acceptors (Lipinski definition) is 3. The Morgan fingerprint density at radius 1 is 1.35 bits per heavy atom. The number of halogens is 1. The summed E-state index contributed by atoms with van der Waals surface area (Å²) in [6.45, 7) is 0. The topological polar surface area (TPSA) is 59.1 Å². The molecule has 0 saturated carbocycles. The summed E-state index contributed by atoms with van der Waals surface area (Å²) in [6, 6.07) is 7.93. The zero-order valence-electron chi connectivity index (χ0n) is 9.18. The maximum absolute atomic E-state index is 13.0. The Kier molecular flexibility index (Phi) is 3.35. The first kappa shape index (κ1) is 11.5. The fourth-order valence-corrected chi connectivity index (χ4v) is 1.63. The van der Waals surface area contributed by atoms with E-state index in [0.29, 0.717) is 12.0 Å². The predicted octanol–water partition coefficient (Wildman–Crippen LogP) is 2.08.